The molecule has 0 spiro atoms. The second kappa shape index (κ2) is 3.23. The number of nitriles is 1. The van der Waals surface area contributed by atoms with Crippen LogP contribution in [0.25, 0.3) is 0 Å². The van der Waals surface area contributed by atoms with Crippen LogP contribution in [0, 0.1) is 11.3 Å². The lowest BCUT2D eigenvalue weighted by Gasteiger charge is -2.05. The smallest absolute Gasteiger partial charge is 0.144 e. The standard InChI is InChI=1S/C9H7ClN2O/c10-8-5-12-6(4-11)3-9(8)13-7-1-2-7/h3,5,7H,1-2H2. The molecule has 0 aliphatic heterocycles. The Labute approximate surface area is 80.9 Å². The van der Waals surface area contributed by atoms with Crippen molar-refractivity contribution in [3.8, 4) is 11.8 Å². The molecule has 1 heterocycles. The maximum Gasteiger partial charge on any atom is 0.144 e. The highest BCUT2D eigenvalue weighted by atomic mass is 35.5. The molecule has 66 valence electrons. The number of nitrogens with zero attached hydrogens (tertiary/aromatic N) is 2. The molecule has 0 saturated heterocycles. The van der Waals surface area contributed by atoms with Crippen molar-refractivity contribution < 1.29 is 4.74 Å². The van der Waals surface area contributed by atoms with Gasteiger partial charge in [0.15, 0.2) is 0 Å². The molecule has 1 aromatic heterocycles. The van der Waals surface area contributed by atoms with Crippen LogP contribution in [0.5, 0.6) is 5.75 Å². The number of aromatic nitrogens is 1. The predicted molar refractivity (Wildman–Crippen MR) is 47.6 cm³/mol. The zero-order valence-electron chi connectivity index (χ0n) is 6.83. The third-order valence-electron chi connectivity index (χ3n) is 1.75. The highest BCUT2D eigenvalue weighted by Crippen LogP contribution is 2.31. The van der Waals surface area contributed by atoms with Crippen molar-refractivity contribution in [2.24, 2.45) is 0 Å². The Bertz CT molecular complexity index is 368. The Morgan fingerprint density at radius 1 is 1.62 bits per heavy atom. The first-order valence-corrected chi connectivity index (χ1v) is 4.39. The predicted octanol–water partition coefficient (Wildman–Crippen LogP) is 2.15. The van der Waals surface area contributed by atoms with Crippen LogP contribution in [0.15, 0.2) is 12.3 Å². The minimum Gasteiger partial charge on any atom is -0.489 e. The van der Waals surface area contributed by atoms with Gasteiger partial charge in [-0.3, -0.25) is 0 Å². The van der Waals surface area contributed by atoms with Gasteiger partial charge < -0.3 is 4.74 Å². The van der Waals surface area contributed by atoms with Gasteiger partial charge >= 0.3 is 0 Å². The number of ether oxygens (including phenoxy) is 1. The van der Waals surface area contributed by atoms with Gasteiger partial charge in [-0.2, -0.15) is 5.26 Å². The summed E-state index contributed by atoms with van der Waals surface area (Å²) in [5.41, 5.74) is 0.333. The van der Waals surface area contributed by atoms with Gasteiger partial charge in [0, 0.05) is 6.07 Å². The molecule has 0 amide bonds. The molecule has 0 aromatic carbocycles. The van der Waals surface area contributed by atoms with Crippen LogP contribution in [0.2, 0.25) is 5.02 Å². The Kier molecular flexibility index (Phi) is 2.07. The molecule has 0 bridgehead atoms. The molecule has 0 unspecified atom stereocenters. The summed E-state index contributed by atoms with van der Waals surface area (Å²) in [5, 5.41) is 9.06. The molecule has 0 N–H and O–H groups in total. The highest BCUT2D eigenvalue weighted by molar-refractivity contribution is 6.31. The van der Waals surface area contributed by atoms with E-state index in [2.05, 4.69) is 4.98 Å². The molecule has 1 aliphatic carbocycles. The van der Waals surface area contributed by atoms with Gasteiger partial charge in [0.05, 0.1) is 12.3 Å². The molecule has 0 atom stereocenters. The lowest BCUT2D eigenvalue weighted by molar-refractivity contribution is 0.303. The maximum absolute atomic E-state index is 8.59. The molecule has 0 radical (unpaired) electrons. The average Bonchev–Trinajstić information content (AvgIpc) is 2.93. The molecule has 1 aliphatic rings. The lowest BCUT2D eigenvalue weighted by Crippen LogP contribution is -1.97. The maximum atomic E-state index is 8.59. The van der Waals surface area contributed by atoms with Crippen molar-refractivity contribution in [3.05, 3.63) is 23.0 Å². The van der Waals surface area contributed by atoms with Gasteiger partial charge in [-0.25, -0.2) is 4.98 Å². The molecule has 2 rings (SSSR count). The number of halogens is 1. The van der Waals surface area contributed by atoms with E-state index < -0.39 is 0 Å². The molecular weight excluding hydrogens is 188 g/mol. The molecule has 1 saturated carbocycles. The molecule has 1 fully saturated rings. The first-order chi connectivity index (χ1) is 6.29. The molecule has 3 nitrogen and oxygen atoms in total. The third kappa shape index (κ3) is 1.90. The van der Waals surface area contributed by atoms with E-state index in [9.17, 15) is 0 Å². The summed E-state index contributed by atoms with van der Waals surface area (Å²) in [5.74, 6) is 0.565. The second-order valence-electron chi connectivity index (χ2n) is 2.93. The summed E-state index contributed by atoms with van der Waals surface area (Å²) in [4.78, 5) is 3.81. The Morgan fingerprint density at radius 3 is 3.00 bits per heavy atom. The van der Waals surface area contributed by atoms with Crippen molar-refractivity contribution in [1.29, 1.82) is 5.26 Å². The van der Waals surface area contributed by atoms with Crippen molar-refractivity contribution in [1.82, 2.24) is 4.98 Å². The molecule has 1 aromatic rings. The minimum atomic E-state index is 0.284. The molecule has 13 heavy (non-hydrogen) atoms. The van der Waals surface area contributed by atoms with Crippen LogP contribution in [-0.4, -0.2) is 11.1 Å². The first kappa shape index (κ1) is 8.33. The van der Waals surface area contributed by atoms with Gasteiger partial charge in [0.2, 0.25) is 0 Å². The third-order valence-corrected chi connectivity index (χ3v) is 2.04. The van der Waals surface area contributed by atoms with Gasteiger partial charge in [-0.1, -0.05) is 11.6 Å². The normalized spacial score (nSPS) is 15.1. The summed E-state index contributed by atoms with van der Waals surface area (Å²) >= 11 is 5.83. The minimum absolute atomic E-state index is 0.284. The van der Waals surface area contributed by atoms with Gasteiger partial charge in [-0.05, 0) is 12.8 Å². The largest absolute Gasteiger partial charge is 0.489 e. The fraction of sp³-hybridized carbons (Fsp3) is 0.333. The zero-order chi connectivity index (χ0) is 9.26. The van der Waals surface area contributed by atoms with Crippen LogP contribution < -0.4 is 4.74 Å². The van der Waals surface area contributed by atoms with Crippen LogP contribution in [0.3, 0.4) is 0 Å². The Hall–Kier alpha value is -1.27. The number of rotatable bonds is 2. The number of pyridine rings is 1. The van der Waals surface area contributed by atoms with Gasteiger partial charge in [0.25, 0.3) is 0 Å². The van der Waals surface area contributed by atoms with Crippen LogP contribution in [-0.2, 0) is 0 Å². The fourth-order valence-corrected chi connectivity index (χ4v) is 1.09. The Morgan fingerprint density at radius 2 is 2.38 bits per heavy atom. The number of hydrogen-bond donors (Lipinski definition) is 0. The lowest BCUT2D eigenvalue weighted by atomic mass is 10.3. The van der Waals surface area contributed by atoms with Crippen LogP contribution >= 0.6 is 11.6 Å². The highest BCUT2D eigenvalue weighted by Gasteiger charge is 2.24. The van der Waals surface area contributed by atoms with E-state index in [0.717, 1.165) is 12.8 Å². The monoisotopic (exact) mass is 194 g/mol. The van der Waals surface area contributed by atoms with Crippen molar-refractivity contribution in [3.63, 3.8) is 0 Å². The summed E-state index contributed by atoms with van der Waals surface area (Å²) in [6, 6.07) is 3.51. The number of hydrogen-bond acceptors (Lipinski definition) is 3. The van der Waals surface area contributed by atoms with Crippen molar-refractivity contribution in [2.45, 2.75) is 18.9 Å². The summed E-state index contributed by atoms with van der Waals surface area (Å²) in [7, 11) is 0. The topological polar surface area (TPSA) is 45.9 Å². The molecular formula is C9H7ClN2O. The SMILES string of the molecule is N#Cc1cc(OC2CC2)c(Cl)cn1. The van der Waals surface area contributed by atoms with Crippen molar-refractivity contribution in [2.75, 3.05) is 0 Å². The van der Waals surface area contributed by atoms with Crippen LogP contribution in [0.4, 0.5) is 0 Å². The average molecular weight is 195 g/mol. The van der Waals surface area contributed by atoms with Gasteiger partial charge in [-0.15, -0.1) is 0 Å². The van der Waals surface area contributed by atoms with E-state index in [-0.39, 0.29) is 6.10 Å². The summed E-state index contributed by atoms with van der Waals surface area (Å²) in [6.45, 7) is 0. The summed E-state index contributed by atoms with van der Waals surface area (Å²) in [6.07, 6.45) is 3.87. The van der Waals surface area contributed by atoms with E-state index >= 15 is 0 Å². The van der Waals surface area contributed by atoms with Gasteiger partial charge in [0.1, 0.15) is 22.5 Å². The van der Waals surface area contributed by atoms with E-state index in [1.54, 1.807) is 6.07 Å². The van der Waals surface area contributed by atoms with Crippen LogP contribution in [0.1, 0.15) is 18.5 Å². The second-order valence-corrected chi connectivity index (χ2v) is 3.34. The van der Waals surface area contributed by atoms with E-state index in [1.165, 1.54) is 6.20 Å². The molecule has 4 heteroatoms. The van der Waals surface area contributed by atoms with E-state index in [0.29, 0.717) is 16.5 Å². The van der Waals surface area contributed by atoms with E-state index in [1.807, 2.05) is 6.07 Å². The Balaban J connectivity index is 2.25. The zero-order valence-corrected chi connectivity index (χ0v) is 7.58. The van der Waals surface area contributed by atoms with Crippen molar-refractivity contribution >= 4 is 11.6 Å². The van der Waals surface area contributed by atoms with E-state index in [4.69, 9.17) is 21.6 Å². The first-order valence-electron chi connectivity index (χ1n) is 4.02. The summed E-state index contributed by atoms with van der Waals surface area (Å²) < 4.78 is 5.48. The fourth-order valence-electron chi connectivity index (χ4n) is 0.937. The quantitative estimate of drug-likeness (QED) is 0.725.